The fourth-order valence-corrected chi connectivity index (χ4v) is 15.3. The van der Waals surface area contributed by atoms with E-state index in [1.165, 1.54) is 30.5 Å². The molecule has 5 rings (SSSR count). The van der Waals surface area contributed by atoms with Gasteiger partial charge in [-0.05, 0) is 99.2 Å². The quantitative estimate of drug-likeness (QED) is 0.0184. The van der Waals surface area contributed by atoms with Gasteiger partial charge in [0.25, 0.3) is 0 Å². The number of hydrogen-bond donors (Lipinski definition) is 24. The molecule has 2 aromatic heterocycles. The predicted molar refractivity (Wildman–Crippen MR) is 496 cm³/mol. The first-order chi connectivity index (χ1) is 65.3. The van der Waals surface area contributed by atoms with Crippen molar-refractivity contribution in [2.45, 2.75) is 204 Å². The smallest absolute Gasteiger partial charge is 0.480 e. The molecule has 2 aliphatic rings. The van der Waals surface area contributed by atoms with Gasteiger partial charge in [-0.3, -0.25) is 125 Å². The number of aliphatic carboxylic acids is 3. The van der Waals surface area contributed by atoms with Gasteiger partial charge < -0.3 is 128 Å². The second kappa shape index (κ2) is 61.4. The molecule has 53 heteroatoms. The molecule has 0 unspecified atom stereocenters. The number of para-hydroxylation sites is 1. The Labute approximate surface area is 816 Å². The second-order valence-corrected chi connectivity index (χ2v) is 35.9. The summed E-state index contributed by atoms with van der Waals surface area (Å²) < 4.78 is 0. The number of unbranched alkanes of at least 4 members (excludes halogenated alkanes) is 1. The number of thioether (sulfide) groups is 1. The van der Waals surface area contributed by atoms with Crippen LogP contribution in [-0.4, -0.2) is 363 Å². The molecule has 0 saturated carbocycles. The van der Waals surface area contributed by atoms with Gasteiger partial charge in [0, 0.05) is 120 Å². The molecule has 1 radical (unpaired) electrons. The van der Waals surface area contributed by atoms with Gasteiger partial charge in [0.1, 0.15) is 66.5 Å². The summed E-state index contributed by atoms with van der Waals surface area (Å²) in [6.45, 7) is 7.07. The van der Waals surface area contributed by atoms with Crippen molar-refractivity contribution < 1.29 is 138 Å². The molecule has 773 valence electrons. The maximum atomic E-state index is 14.7. The van der Waals surface area contributed by atoms with Crippen LogP contribution >= 0.6 is 11.8 Å². The van der Waals surface area contributed by atoms with E-state index < -0.39 is 267 Å². The van der Waals surface area contributed by atoms with Crippen molar-refractivity contribution in [2.75, 3.05) is 117 Å². The summed E-state index contributed by atoms with van der Waals surface area (Å²) in [5.74, 6) is -21.6. The molecule has 51 nitrogen and oxygen atoms in total. The predicted octanol–water partition coefficient (Wildman–Crippen LogP) is -8.70. The third-order valence-electron chi connectivity index (χ3n) is 22.1. The molecule has 2 fully saturated rings. The largest absolute Gasteiger partial charge is 2.00 e. The summed E-state index contributed by atoms with van der Waals surface area (Å²) in [5.41, 5.74) is 23.6. The van der Waals surface area contributed by atoms with Crippen molar-refractivity contribution in [2.24, 2.45) is 40.7 Å². The maximum absolute atomic E-state index is 14.7. The minimum absolute atomic E-state index is 0. The summed E-state index contributed by atoms with van der Waals surface area (Å²) in [6, 6.07) is -9.22. The van der Waals surface area contributed by atoms with Gasteiger partial charge in [-0.15, -0.1) is 0 Å². The van der Waals surface area contributed by atoms with Crippen LogP contribution < -0.4 is 103 Å². The Balaban J connectivity index is 0.0000403. The van der Waals surface area contributed by atoms with Gasteiger partial charge in [0.05, 0.1) is 58.6 Å². The Morgan fingerprint density at radius 1 is 0.460 bits per heavy atom. The van der Waals surface area contributed by atoms with Crippen LogP contribution in [-0.2, 0) is 135 Å². The van der Waals surface area contributed by atoms with E-state index in [1.54, 1.807) is 85.4 Å². The van der Waals surface area contributed by atoms with Crippen LogP contribution in [0.2, 0.25) is 0 Å². The van der Waals surface area contributed by atoms with Gasteiger partial charge in [-0.1, -0.05) is 59.7 Å². The van der Waals surface area contributed by atoms with Crippen molar-refractivity contribution in [1.29, 1.82) is 0 Å². The summed E-state index contributed by atoms with van der Waals surface area (Å²) in [4.78, 5) is 310. The number of carbonyl (C=O) groups is 22. The molecule has 0 bridgehead atoms. The number of nitrogens with one attached hydrogen (secondary N) is 17. The number of rotatable bonds is 60. The minimum Gasteiger partial charge on any atom is -0.480 e. The van der Waals surface area contributed by atoms with E-state index in [4.69, 9.17) is 22.9 Å². The number of aromatic nitrogens is 3. The van der Waals surface area contributed by atoms with E-state index in [0.717, 1.165) is 0 Å². The number of nitrogens with two attached hydrogens (primary N) is 4. The van der Waals surface area contributed by atoms with Gasteiger partial charge in [0.2, 0.25) is 112 Å². The van der Waals surface area contributed by atoms with E-state index >= 15 is 0 Å². The van der Waals surface area contributed by atoms with Gasteiger partial charge >= 0.3 is 35.0 Å². The number of carboxylic acids is 3. The van der Waals surface area contributed by atoms with Crippen LogP contribution in [0.25, 0.3) is 10.9 Å². The van der Waals surface area contributed by atoms with Crippen LogP contribution in [0.1, 0.15) is 136 Å². The Morgan fingerprint density at radius 3 is 1.36 bits per heavy atom. The third-order valence-corrected chi connectivity index (χ3v) is 22.7. The van der Waals surface area contributed by atoms with E-state index in [9.17, 15) is 121 Å². The normalized spacial score (nSPS) is 16.1. The first-order valence-corrected chi connectivity index (χ1v) is 46.8. The Hall–Kier alpha value is -13.0. The molecule has 2 saturated heterocycles. The number of fused-ring (bicyclic) bond motifs is 1. The minimum atomic E-state index is -1.95. The second-order valence-electron chi connectivity index (χ2n) is 34.9. The van der Waals surface area contributed by atoms with Crippen LogP contribution in [0, 0.1) is 17.8 Å². The number of carboxylic acid groups (broad SMARTS) is 3. The van der Waals surface area contributed by atoms with Crippen LogP contribution in [0.15, 0.2) is 43.0 Å². The first kappa shape index (κ1) is 118. The molecule has 4 heterocycles. The zero-order chi connectivity index (χ0) is 102. The summed E-state index contributed by atoms with van der Waals surface area (Å²) in [6.07, 6.45) is 2.83. The molecule has 19 amide bonds. The molecule has 3 aromatic rings. The summed E-state index contributed by atoms with van der Waals surface area (Å²) in [7, 11) is 0. The summed E-state index contributed by atoms with van der Waals surface area (Å²) >= 11 is 1.43. The third kappa shape index (κ3) is 45.5. The van der Waals surface area contributed by atoms with Crippen molar-refractivity contribution >= 4 is 153 Å². The van der Waals surface area contributed by atoms with E-state index in [1.807, 2.05) is 6.26 Å². The Kier molecular flexibility index (Phi) is 52.2. The van der Waals surface area contributed by atoms with E-state index in [0.29, 0.717) is 27.9 Å². The van der Waals surface area contributed by atoms with Crippen LogP contribution in [0.3, 0.4) is 0 Å². The van der Waals surface area contributed by atoms with Gasteiger partial charge in [-0.2, -0.15) is 11.8 Å². The molecule has 2 aliphatic heterocycles. The maximum Gasteiger partial charge on any atom is 2.00 e. The topological polar surface area (TPSA) is 778 Å². The number of nitrogens with zero attached hydrogens (tertiary/aromatic N) is 5. The molecule has 11 atom stereocenters. The number of aromatic amines is 2. The van der Waals surface area contributed by atoms with Gasteiger partial charge in [0.15, 0.2) is 0 Å². The number of carbonyl (C=O) groups excluding carboxylic acids is 19. The van der Waals surface area contributed by atoms with Crippen molar-refractivity contribution in [3.63, 3.8) is 0 Å². The monoisotopic (exact) mass is 2030 g/mol. The average Bonchev–Trinajstić information content (AvgIpc) is 1.69. The number of hydrogen-bond acceptors (Lipinski definition) is 28. The molecular formula is C86H134CuN26O25S+2. The van der Waals surface area contributed by atoms with Crippen LogP contribution in [0.5, 0.6) is 0 Å². The molecule has 0 spiro atoms. The Bertz CT molecular complexity index is 4690. The molecular weight excluding hydrogens is 1890 g/mol. The van der Waals surface area contributed by atoms with Crippen LogP contribution in [0.4, 0.5) is 0 Å². The SMILES string of the molecule is CSCC[C@H](NC(=O)[C@H](CC(C)C)NC(=O)[C@H](Cc1cnc[nH]1)NC(=O)CNC(=O)[C@@H](NC(=O)CNC(=O)[C@H](Cc1c[nH]c2ccccc12)NC(=O)[C@H](CCC(N)=O)NC(=O)[C@H](CC(N)=O)NC(=O)CNC(=O)[C@H](CC(C)C)NC(=O)[C@H](CCCCNC(=O)CN1CCN(CC(=O)O)CCN(CC(=O)O)CCN(CC(=O)O)CC1)NC(=O)[C@H](CCC(N)=O)NC(=O)[C@@H]1CCC(=O)N1)C(C)C)C(N)=O.[64Cu+2]. The number of amides is 19. The number of imidazole rings is 1. The van der Waals surface area contributed by atoms with Crippen molar-refractivity contribution in [1.82, 2.24) is 114 Å². The zero-order valence-corrected chi connectivity index (χ0v) is 80.6. The zero-order valence-electron chi connectivity index (χ0n) is 78.8. The average molecular weight is 2030 g/mol. The fraction of sp³-hybridized carbons (Fsp3) is 0.616. The first-order valence-electron chi connectivity index (χ1n) is 45.4. The molecule has 0 aliphatic carbocycles. The van der Waals surface area contributed by atoms with Crippen molar-refractivity contribution in [3.05, 3.63) is 54.2 Å². The van der Waals surface area contributed by atoms with E-state index in [2.05, 4.69) is 94.7 Å². The fourth-order valence-electron chi connectivity index (χ4n) is 14.8. The molecule has 139 heavy (non-hydrogen) atoms. The number of H-pyrrole nitrogens is 2. The number of primary amides is 4. The van der Waals surface area contributed by atoms with Gasteiger partial charge in [-0.25, -0.2) is 4.98 Å². The standard InChI is InChI=1S/C86H134N26O25S.Cu/c1-47(2)32-59(105-79(130)55(102-81(132)57(15-18-64(87)113)103-80(131)56-17-20-67(116)98-56)14-10-11-22-92-71(120)42-109-23-25-110(43-72(121)122)27-29-112(45-74(125)126)30-28-111(26-24-109)44-73(123)124)77(128)94-39-68(117)100-63(36-66(89)115)85(136)104-58(16-19-65(88)114)82(133)107-61(34-50-37-93-53-13-9-8-12-52(50)53)78(129)95-41-70(119)108-75(49(5)6)86(137)96-40-69(118)99-62(35-51-38-91-46-97-51)84(135)106-60(33-48(3)4)83(134)101-54(76(90)127)21-31-138-7;/h8-9,12-13,37-38,46-49,54-63,75,93H,10-11,14-36,39-45H2,1-7H3,(H2,87,113)(H2,88,114)(H2,89,115)(H2,90,127)(H,91,97)(H,92,120)(H,94,128)(H,95,129)(H,96,137)(H,98,116)(H,99,118)(H,100,117)(H,101,134)(H,102,132)(H,103,131)(H,104,136)(H,105,130)(H,106,135)(H,107,133)(H,108,119)(H,121,122)(H,123,124)(H,125,126);/q;+2/t54-,55-,56-,57-,58-,59-,60-,61-,62-,63-,75-;/m0./s1/i;1+0. The molecule has 1 aromatic carbocycles. The van der Waals surface area contributed by atoms with Crippen molar-refractivity contribution in [3.8, 4) is 0 Å². The van der Waals surface area contributed by atoms with E-state index in [-0.39, 0.29) is 166 Å². The summed E-state index contributed by atoms with van der Waals surface area (Å²) in [5, 5.41) is 67.2. The molecule has 28 N–H and O–H groups in total. The Morgan fingerprint density at radius 2 is 0.892 bits per heavy atom. The number of benzene rings is 1.